The number of fused-ring (bicyclic) bond motifs is 1. The Morgan fingerprint density at radius 3 is 3.00 bits per heavy atom. The van der Waals surface area contributed by atoms with Gasteiger partial charge in [-0.3, -0.25) is 4.79 Å². The summed E-state index contributed by atoms with van der Waals surface area (Å²) in [7, 11) is 0. The molecule has 1 heterocycles. The lowest BCUT2D eigenvalue weighted by molar-refractivity contribution is 0.276. The first-order valence-corrected chi connectivity index (χ1v) is 5.09. The van der Waals surface area contributed by atoms with Crippen LogP contribution < -0.4 is 0 Å². The van der Waals surface area contributed by atoms with E-state index in [-0.39, 0.29) is 4.45 Å². The zero-order valence-electron chi connectivity index (χ0n) is 5.74. The largest absolute Gasteiger partial charge is 0.274 e. The summed E-state index contributed by atoms with van der Waals surface area (Å²) in [6.07, 6.45) is 0. The highest BCUT2D eigenvalue weighted by molar-refractivity contribution is 8.38. The SMILES string of the molecule is O=C1SCc2ccccc2S1. The van der Waals surface area contributed by atoms with E-state index in [4.69, 9.17) is 0 Å². The van der Waals surface area contributed by atoms with E-state index in [1.54, 1.807) is 0 Å². The van der Waals surface area contributed by atoms with E-state index < -0.39 is 0 Å². The summed E-state index contributed by atoms with van der Waals surface area (Å²) in [5, 5.41) is 0. The maximum Gasteiger partial charge on any atom is 0.251 e. The number of hydrogen-bond donors (Lipinski definition) is 0. The van der Waals surface area contributed by atoms with Crippen molar-refractivity contribution in [3.8, 4) is 0 Å². The molecular weight excluding hydrogens is 176 g/mol. The van der Waals surface area contributed by atoms with Crippen LogP contribution in [-0.4, -0.2) is 4.45 Å². The molecule has 0 atom stereocenters. The van der Waals surface area contributed by atoms with Crippen molar-refractivity contribution in [1.29, 1.82) is 0 Å². The molecule has 1 aromatic carbocycles. The second-order valence-corrected chi connectivity index (χ2v) is 4.47. The van der Waals surface area contributed by atoms with Gasteiger partial charge in [0.1, 0.15) is 0 Å². The second-order valence-electron chi connectivity index (χ2n) is 2.25. The molecular formula is C8H6OS2. The number of benzene rings is 1. The van der Waals surface area contributed by atoms with E-state index in [1.807, 2.05) is 18.2 Å². The lowest BCUT2D eigenvalue weighted by Gasteiger charge is -2.11. The van der Waals surface area contributed by atoms with Crippen LogP contribution in [0, 0.1) is 0 Å². The lowest BCUT2D eigenvalue weighted by Crippen LogP contribution is -1.95. The maximum absolute atomic E-state index is 11.0. The van der Waals surface area contributed by atoms with E-state index in [0.29, 0.717) is 0 Å². The molecule has 0 fully saturated rings. The first-order valence-electron chi connectivity index (χ1n) is 3.29. The Balaban J connectivity index is 2.41. The minimum absolute atomic E-state index is 0.212. The van der Waals surface area contributed by atoms with Crippen LogP contribution >= 0.6 is 23.5 Å². The summed E-state index contributed by atoms with van der Waals surface area (Å²) in [6.45, 7) is 0. The number of rotatable bonds is 0. The fourth-order valence-electron chi connectivity index (χ4n) is 0.979. The van der Waals surface area contributed by atoms with Crippen LogP contribution in [0.4, 0.5) is 4.79 Å². The third-order valence-electron chi connectivity index (χ3n) is 1.51. The predicted octanol–water partition coefficient (Wildman–Crippen LogP) is 3.15. The Kier molecular flexibility index (Phi) is 1.92. The highest BCUT2D eigenvalue weighted by Gasteiger charge is 2.15. The van der Waals surface area contributed by atoms with Crippen LogP contribution in [0.25, 0.3) is 0 Å². The molecule has 0 saturated carbocycles. The maximum atomic E-state index is 11.0. The Morgan fingerprint density at radius 2 is 2.09 bits per heavy atom. The quantitative estimate of drug-likeness (QED) is 0.613. The van der Waals surface area contributed by atoms with Crippen molar-refractivity contribution < 1.29 is 4.79 Å². The van der Waals surface area contributed by atoms with Crippen molar-refractivity contribution in [2.45, 2.75) is 10.6 Å². The molecule has 1 aromatic rings. The number of hydrogen-bond acceptors (Lipinski definition) is 3. The normalized spacial score (nSPS) is 16.2. The van der Waals surface area contributed by atoms with E-state index in [2.05, 4.69) is 6.07 Å². The Hall–Kier alpha value is -0.410. The highest BCUT2D eigenvalue weighted by atomic mass is 32.2. The summed E-state index contributed by atoms with van der Waals surface area (Å²) in [5.74, 6) is 0.835. The number of carbonyl (C=O) groups excluding carboxylic acids is 1. The molecule has 0 amide bonds. The number of thioether (sulfide) groups is 2. The van der Waals surface area contributed by atoms with Crippen LogP contribution in [0.15, 0.2) is 29.2 Å². The molecule has 0 aliphatic carbocycles. The van der Waals surface area contributed by atoms with Crippen LogP contribution in [0.5, 0.6) is 0 Å². The molecule has 56 valence electrons. The molecule has 0 N–H and O–H groups in total. The fraction of sp³-hybridized carbons (Fsp3) is 0.125. The smallest absolute Gasteiger partial charge is 0.251 e. The molecule has 3 heteroatoms. The molecule has 0 aromatic heterocycles. The van der Waals surface area contributed by atoms with Gasteiger partial charge in [0.2, 0.25) is 0 Å². The molecule has 11 heavy (non-hydrogen) atoms. The van der Waals surface area contributed by atoms with Gasteiger partial charge in [0.25, 0.3) is 4.45 Å². The lowest BCUT2D eigenvalue weighted by atomic mass is 10.2. The van der Waals surface area contributed by atoms with Crippen molar-refractivity contribution in [3.63, 3.8) is 0 Å². The van der Waals surface area contributed by atoms with Gasteiger partial charge in [0.15, 0.2) is 0 Å². The third-order valence-corrected chi connectivity index (χ3v) is 3.59. The van der Waals surface area contributed by atoms with Gasteiger partial charge in [-0.1, -0.05) is 30.0 Å². The molecule has 1 aliphatic heterocycles. The number of carbonyl (C=O) groups is 1. The standard InChI is InChI=1S/C8H6OS2/c9-8-10-5-6-3-1-2-4-7(6)11-8/h1-4H,5H2. The predicted molar refractivity (Wildman–Crippen MR) is 49.0 cm³/mol. The monoisotopic (exact) mass is 182 g/mol. The summed E-state index contributed by atoms with van der Waals surface area (Å²) in [5.41, 5.74) is 1.28. The summed E-state index contributed by atoms with van der Waals surface area (Å²) >= 11 is 2.72. The second kappa shape index (κ2) is 2.91. The highest BCUT2D eigenvalue weighted by Crippen LogP contribution is 2.36. The van der Waals surface area contributed by atoms with Crippen LogP contribution in [0.2, 0.25) is 0 Å². The topological polar surface area (TPSA) is 17.1 Å². The van der Waals surface area contributed by atoms with Crippen molar-refractivity contribution in [1.82, 2.24) is 0 Å². The minimum Gasteiger partial charge on any atom is -0.274 e. The van der Waals surface area contributed by atoms with E-state index in [0.717, 1.165) is 10.6 Å². The molecule has 2 rings (SSSR count). The third kappa shape index (κ3) is 1.44. The van der Waals surface area contributed by atoms with Gasteiger partial charge in [0, 0.05) is 10.6 Å². The van der Waals surface area contributed by atoms with E-state index >= 15 is 0 Å². The van der Waals surface area contributed by atoms with Crippen molar-refractivity contribution in [2.24, 2.45) is 0 Å². The van der Waals surface area contributed by atoms with E-state index in [9.17, 15) is 4.79 Å². The van der Waals surface area contributed by atoms with Gasteiger partial charge in [-0.25, -0.2) is 0 Å². The first kappa shape index (κ1) is 7.25. The molecule has 1 nitrogen and oxygen atoms in total. The van der Waals surface area contributed by atoms with Crippen molar-refractivity contribution in [3.05, 3.63) is 29.8 Å². The first-order chi connectivity index (χ1) is 5.36. The van der Waals surface area contributed by atoms with Gasteiger partial charge in [-0.15, -0.1) is 0 Å². The summed E-state index contributed by atoms with van der Waals surface area (Å²) in [4.78, 5) is 12.1. The van der Waals surface area contributed by atoms with Gasteiger partial charge >= 0.3 is 0 Å². The van der Waals surface area contributed by atoms with E-state index in [1.165, 1.54) is 29.1 Å². The van der Waals surface area contributed by atoms with Crippen molar-refractivity contribution >= 4 is 28.0 Å². The molecule has 1 aliphatic rings. The summed E-state index contributed by atoms with van der Waals surface area (Å²) < 4.78 is 0.212. The minimum atomic E-state index is 0.212. The molecule has 0 unspecified atom stereocenters. The van der Waals surface area contributed by atoms with Gasteiger partial charge in [0.05, 0.1) is 0 Å². The van der Waals surface area contributed by atoms with Crippen LogP contribution in [-0.2, 0) is 5.75 Å². The van der Waals surface area contributed by atoms with Crippen LogP contribution in [0.1, 0.15) is 5.56 Å². The van der Waals surface area contributed by atoms with Gasteiger partial charge in [-0.2, -0.15) is 0 Å². The molecule has 0 saturated heterocycles. The zero-order chi connectivity index (χ0) is 7.68. The molecule has 0 spiro atoms. The van der Waals surface area contributed by atoms with Crippen molar-refractivity contribution in [2.75, 3.05) is 0 Å². The van der Waals surface area contributed by atoms with Gasteiger partial charge in [-0.05, 0) is 23.4 Å². The molecule has 0 bridgehead atoms. The fourth-order valence-corrected chi connectivity index (χ4v) is 2.87. The zero-order valence-corrected chi connectivity index (χ0v) is 7.37. The summed E-state index contributed by atoms with van der Waals surface area (Å²) in [6, 6.07) is 8.05. The Bertz CT molecular complexity index is 296. The average molecular weight is 182 g/mol. The van der Waals surface area contributed by atoms with Gasteiger partial charge < -0.3 is 0 Å². The van der Waals surface area contributed by atoms with Crippen LogP contribution in [0.3, 0.4) is 0 Å². The Morgan fingerprint density at radius 1 is 1.27 bits per heavy atom. The molecule has 0 radical (unpaired) electrons. The Labute approximate surface area is 73.6 Å². The average Bonchev–Trinajstić information content (AvgIpc) is 2.04.